The number of aliphatic carboxylic acids is 1. The van der Waals surface area contributed by atoms with Gasteiger partial charge in [0.25, 0.3) is 15.9 Å². The first-order valence-corrected chi connectivity index (χ1v) is 11.0. The minimum atomic E-state index is -4.50. The predicted octanol–water partition coefficient (Wildman–Crippen LogP) is 4.11. The smallest absolute Gasteiger partial charge is 0.416 e. The zero-order chi connectivity index (χ0) is 24.9. The second-order valence-electron chi connectivity index (χ2n) is 6.83. The molecule has 3 aromatic rings. The van der Waals surface area contributed by atoms with Crippen molar-refractivity contribution in [1.29, 1.82) is 0 Å². The molecule has 0 aliphatic carbocycles. The summed E-state index contributed by atoms with van der Waals surface area (Å²) in [5.74, 6) is -1.80. The van der Waals surface area contributed by atoms with Crippen molar-refractivity contribution >= 4 is 27.6 Å². The number of hydrogen-bond acceptors (Lipinski definition) is 5. The molecule has 3 N–H and O–H groups in total. The average molecular weight is 494 g/mol. The number of carbonyl (C=O) groups is 2. The Morgan fingerprint density at radius 3 is 2.12 bits per heavy atom. The van der Waals surface area contributed by atoms with Gasteiger partial charge in [-0.15, -0.1) is 0 Å². The van der Waals surface area contributed by atoms with E-state index in [1.807, 2.05) is 0 Å². The SMILES string of the molecule is O=C(O)CNC(=O)c1ccc(S(=O)(=O)Nc2ccccc2Oc2ccc(C(F)(F)F)cc2)cc1. The fraction of sp³-hybridized carbons (Fsp3) is 0.0909. The second-order valence-corrected chi connectivity index (χ2v) is 8.51. The van der Waals surface area contributed by atoms with Crippen molar-refractivity contribution in [3.8, 4) is 11.5 Å². The van der Waals surface area contributed by atoms with Gasteiger partial charge in [-0.1, -0.05) is 12.1 Å². The number of anilines is 1. The molecule has 3 rings (SSSR count). The van der Waals surface area contributed by atoms with Crippen LogP contribution in [0.5, 0.6) is 11.5 Å². The summed E-state index contributed by atoms with van der Waals surface area (Å²) < 4.78 is 71.7. The third-order valence-corrected chi connectivity index (χ3v) is 5.75. The van der Waals surface area contributed by atoms with Crippen LogP contribution in [0.4, 0.5) is 18.9 Å². The molecule has 0 aliphatic heterocycles. The number of sulfonamides is 1. The van der Waals surface area contributed by atoms with Gasteiger partial charge in [-0.05, 0) is 60.7 Å². The van der Waals surface area contributed by atoms with Crippen LogP contribution in [-0.2, 0) is 21.0 Å². The molecule has 8 nitrogen and oxygen atoms in total. The lowest BCUT2D eigenvalue weighted by Crippen LogP contribution is -2.29. The summed E-state index contributed by atoms with van der Waals surface area (Å²) >= 11 is 0. The van der Waals surface area contributed by atoms with E-state index in [2.05, 4.69) is 10.0 Å². The molecule has 0 atom stereocenters. The minimum Gasteiger partial charge on any atom is -0.480 e. The number of benzene rings is 3. The Bertz CT molecular complexity index is 1290. The number of para-hydroxylation sites is 2. The molecule has 178 valence electrons. The molecule has 0 saturated heterocycles. The Balaban J connectivity index is 1.76. The number of ether oxygens (including phenoxy) is 1. The Kier molecular flexibility index (Phi) is 7.11. The molecule has 0 spiro atoms. The summed E-state index contributed by atoms with van der Waals surface area (Å²) in [5.41, 5.74) is -0.758. The maximum absolute atomic E-state index is 12.8. The number of nitrogens with one attached hydrogen (secondary N) is 2. The molecule has 12 heteroatoms. The molecule has 0 bridgehead atoms. The van der Waals surface area contributed by atoms with Crippen LogP contribution in [0, 0.1) is 0 Å². The van der Waals surface area contributed by atoms with Gasteiger partial charge in [-0.2, -0.15) is 13.2 Å². The lowest BCUT2D eigenvalue weighted by Gasteiger charge is -2.14. The van der Waals surface area contributed by atoms with Gasteiger partial charge in [0.1, 0.15) is 12.3 Å². The third-order valence-electron chi connectivity index (χ3n) is 4.37. The van der Waals surface area contributed by atoms with Gasteiger partial charge < -0.3 is 15.2 Å². The molecule has 0 heterocycles. The van der Waals surface area contributed by atoms with Gasteiger partial charge in [0.15, 0.2) is 5.75 Å². The topological polar surface area (TPSA) is 122 Å². The highest BCUT2D eigenvalue weighted by molar-refractivity contribution is 7.92. The standard InChI is InChI=1S/C22H17F3N2O6S/c23-22(24,25)15-7-9-16(10-8-15)33-19-4-2-1-3-18(19)27-34(31,32)17-11-5-14(6-12-17)21(30)26-13-20(28)29/h1-12,27H,13H2,(H,26,30)(H,28,29). The summed E-state index contributed by atoms with van der Waals surface area (Å²) in [5, 5.41) is 10.8. The van der Waals surface area contributed by atoms with Crippen molar-refractivity contribution in [1.82, 2.24) is 5.32 Å². The van der Waals surface area contributed by atoms with Gasteiger partial charge >= 0.3 is 12.1 Å². The summed E-state index contributed by atoms with van der Waals surface area (Å²) in [4.78, 5) is 22.2. The fourth-order valence-corrected chi connectivity index (χ4v) is 3.80. The quantitative estimate of drug-likeness (QED) is 0.433. The first kappa shape index (κ1) is 24.6. The highest BCUT2D eigenvalue weighted by Crippen LogP contribution is 2.34. The maximum atomic E-state index is 12.8. The van der Waals surface area contributed by atoms with Crippen molar-refractivity contribution in [2.24, 2.45) is 0 Å². The zero-order valence-corrected chi connectivity index (χ0v) is 18.0. The van der Waals surface area contributed by atoms with Crippen LogP contribution in [0.25, 0.3) is 0 Å². The lowest BCUT2D eigenvalue weighted by atomic mass is 10.2. The van der Waals surface area contributed by atoms with Crippen LogP contribution in [0.15, 0.2) is 77.7 Å². The van der Waals surface area contributed by atoms with E-state index in [1.54, 1.807) is 6.07 Å². The monoisotopic (exact) mass is 494 g/mol. The molecule has 0 radical (unpaired) electrons. The van der Waals surface area contributed by atoms with Crippen LogP contribution in [0.3, 0.4) is 0 Å². The fourth-order valence-electron chi connectivity index (χ4n) is 2.73. The third kappa shape index (κ3) is 6.25. The molecule has 0 unspecified atom stereocenters. The van der Waals surface area contributed by atoms with E-state index in [-0.39, 0.29) is 27.6 Å². The molecular formula is C22H17F3N2O6S. The van der Waals surface area contributed by atoms with E-state index in [4.69, 9.17) is 9.84 Å². The van der Waals surface area contributed by atoms with Gasteiger partial charge in [0.2, 0.25) is 0 Å². The first-order chi connectivity index (χ1) is 16.0. The summed E-state index contributed by atoms with van der Waals surface area (Å²) in [7, 11) is -4.13. The molecule has 0 fully saturated rings. The summed E-state index contributed by atoms with van der Waals surface area (Å²) in [6.07, 6.45) is -4.50. The normalized spacial score (nSPS) is 11.5. The molecule has 3 aromatic carbocycles. The van der Waals surface area contributed by atoms with Crippen molar-refractivity contribution < 1.29 is 41.0 Å². The Morgan fingerprint density at radius 2 is 1.53 bits per heavy atom. The molecule has 0 aliphatic rings. The minimum absolute atomic E-state index is 0.0330. The molecule has 0 saturated carbocycles. The van der Waals surface area contributed by atoms with Crippen LogP contribution >= 0.6 is 0 Å². The molecule has 1 amide bonds. The van der Waals surface area contributed by atoms with Crippen molar-refractivity contribution in [2.45, 2.75) is 11.1 Å². The van der Waals surface area contributed by atoms with Crippen LogP contribution in [0.2, 0.25) is 0 Å². The number of amides is 1. The van der Waals surface area contributed by atoms with Crippen molar-refractivity contribution in [3.05, 3.63) is 83.9 Å². The maximum Gasteiger partial charge on any atom is 0.416 e. The zero-order valence-electron chi connectivity index (χ0n) is 17.2. The highest BCUT2D eigenvalue weighted by Gasteiger charge is 2.30. The number of halogens is 3. The molecule has 34 heavy (non-hydrogen) atoms. The van der Waals surface area contributed by atoms with E-state index in [9.17, 15) is 31.2 Å². The Hall–Kier alpha value is -4.06. The van der Waals surface area contributed by atoms with Crippen molar-refractivity contribution in [3.63, 3.8) is 0 Å². The second kappa shape index (κ2) is 9.83. The van der Waals surface area contributed by atoms with Gasteiger partial charge in [0.05, 0.1) is 16.1 Å². The number of rotatable bonds is 8. The molecule has 0 aromatic heterocycles. The summed E-state index contributed by atoms with van der Waals surface area (Å²) in [6, 6.07) is 14.6. The van der Waals surface area contributed by atoms with E-state index in [0.29, 0.717) is 0 Å². The number of carboxylic acids is 1. The van der Waals surface area contributed by atoms with Crippen LogP contribution < -0.4 is 14.8 Å². The van der Waals surface area contributed by atoms with Gasteiger partial charge in [-0.25, -0.2) is 8.42 Å². The largest absolute Gasteiger partial charge is 0.480 e. The Morgan fingerprint density at radius 1 is 0.912 bits per heavy atom. The number of alkyl halides is 3. The highest BCUT2D eigenvalue weighted by atomic mass is 32.2. The number of carboxylic acid groups (broad SMARTS) is 1. The van der Waals surface area contributed by atoms with Gasteiger partial charge in [-0.3, -0.25) is 14.3 Å². The van der Waals surface area contributed by atoms with Gasteiger partial charge in [0, 0.05) is 5.56 Å². The number of hydrogen-bond donors (Lipinski definition) is 3. The van der Waals surface area contributed by atoms with E-state index >= 15 is 0 Å². The van der Waals surface area contributed by atoms with E-state index < -0.39 is 40.2 Å². The van der Waals surface area contributed by atoms with E-state index in [1.165, 1.54) is 30.3 Å². The van der Waals surface area contributed by atoms with Crippen LogP contribution in [0.1, 0.15) is 15.9 Å². The molecular weight excluding hydrogens is 477 g/mol. The van der Waals surface area contributed by atoms with E-state index in [0.717, 1.165) is 36.4 Å². The summed E-state index contributed by atoms with van der Waals surface area (Å²) in [6.45, 7) is -0.587. The van der Waals surface area contributed by atoms with Crippen molar-refractivity contribution in [2.75, 3.05) is 11.3 Å². The average Bonchev–Trinajstić information content (AvgIpc) is 2.78. The first-order valence-electron chi connectivity index (χ1n) is 9.53. The number of carbonyl (C=O) groups excluding carboxylic acids is 1. The lowest BCUT2D eigenvalue weighted by molar-refractivity contribution is -0.138. The van der Waals surface area contributed by atoms with Crippen LogP contribution in [-0.4, -0.2) is 31.9 Å². The Labute approximate surface area is 192 Å². The predicted molar refractivity (Wildman–Crippen MR) is 115 cm³/mol.